The molecule has 1 heterocycles. The molecule has 0 saturated carbocycles. The van der Waals surface area contributed by atoms with E-state index >= 15 is 0 Å². The number of thiazole rings is 1. The first-order chi connectivity index (χ1) is 12.7. The number of aromatic nitrogens is 1. The summed E-state index contributed by atoms with van der Waals surface area (Å²) >= 11 is 1.66. The molecule has 0 bridgehead atoms. The van der Waals surface area contributed by atoms with E-state index in [0.29, 0.717) is 6.54 Å². The van der Waals surface area contributed by atoms with Gasteiger partial charge in [0.25, 0.3) is 0 Å². The topological polar surface area (TPSA) is 57.3 Å². The molecule has 0 radical (unpaired) electrons. The molecule has 0 atom stereocenters. The summed E-state index contributed by atoms with van der Waals surface area (Å²) in [7, 11) is 0. The lowest BCUT2D eigenvalue weighted by Gasteiger charge is -2.18. The second kappa shape index (κ2) is 8.78. The van der Waals surface area contributed by atoms with Crippen LogP contribution in [-0.4, -0.2) is 42.1 Å². The van der Waals surface area contributed by atoms with Crippen molar-refractivity contribution in [2.75, 3.05) is 31.5 Å². The third-order valence-corrected chi connectivity index (χ3v) is 5.35. The van der Waals surface area contributed by atoms with E-state index in [0.717, 1.165) is 46.1 Å². The highest BCUT2D eigenvalue weighted by Gasteiger charge is 2.08. The molecular formula is C20H24N4OS. The Balaban J connectivity index is 1.63. The minimum Gasteiger partial charge on any atom is -0.337 e. The minimum atomic E-state index is -0.182. The number of carbonyl (C=O) groups is 1. The average Bonchev–Trinajstić information content (AvgIpc) is 3.10. The van der Waals surface area contributed by atoms with Crippen molar-refractivity contribution in [2.24, 2.45) is 0 Å². The van der Waals surface area contributed by atoms with E-state index in [-0.39, 0.29) is 6.03 Å². The van der Waals surface area contributed by atoms with E-state index in [1.54, 1.807) is 11.3 Å². The number of hydrogen-bond donors (Lipinski definition) is 2. The summed E-state index contributed by atoms with van der Waals surface area (Å²) in [5.74, 6) is 0. The van der Waals surface area contributed by atoms with Crippen molar-refractivity contribution in [3.05, 3.63) is 48.5 Å². The lowest BCUT2D eigenvalue weighted by molar-refractivity contribution is 0.248. The molecule has 2 amide bonds. The number of urea groups is 1. The van der Waals surface area contributed by atoms with Gasteiger partial charge in [-0.1, -0.05) is 38.1 Å². The second-order valence-corrected chi connectivity index (χ2v) is 7.01. The first-order valence-electron chi connectivity index (χ1n) is 8.92. The van der Waals surface area contributed by atoms with E-state index in [4.69, 9.17) is 0 Å². The van der Waals surface area contributed by atoms with Crippen LogP contribution in [0.25, 0.3) is 20.8 Å². The van der Waals surface area contributed by atoms with Crippen LogP contribution in [0.2, 0.25) is 0 Å². The number of nitrogens with zero attached hydrogens (tertiary/aromatic N) is 2. The Bertz CT molecular complexity index is 840. The van der Waals surface area contributed by atoms with Crippen molar-refractivity contribution < 1.29 is 4.79 Å². The second-order valence-electron chi connectivity index (χ2n) is 5.98. The summed E-state index contributed by atoms with van der Waals surface area (Å²) in [6.45, 7) is 7.71. The molecule has 0 aliphatic heterocycles. The molecule has 0 aliphatic carbocycles. The first kappa shape index (κ1) is 18.4. The van der Waals surface area contributed by atoms with Crippen LogP contribution in [-0.2, 0) is 0 Å². The van der Waals surface area contributed by atoms with Crippen LogP contribution in [0.4, 0.5) is 10.5 Å². The molecule has 0 aliphatic rings. The number of amides is 2. The zero-order chi connectivity index (χ0) is 18.4. The molecule has 1 aromatic heterocycles. The third kappa shape index (κ3) is 4.59. The first-order valence-corrected chi connectivity index (χ1v) is 9.74. The Kier molecular flexibility index (Phi) is 6.20. The van der Waals surface area contributed by atoms with Crippen LogP contribution in [0.5, 0.6) is 0 Å². The number of rotatable bonds is 7. The van der Waals surface area contributed by atoms with Gasteiger partial charge in [-0.15, -0.1) is 11.3 Å². The van der Waals surface area contributed by atoms with Crippen molar-refractivity contribution in [3.63, 3.8) is 0 Å². The molecule has 5 nitrogen and oxygen atoms in total. The smallest absolute Gasteiger partial charge is 0.319 e. The number of para-hydroxylation sites is 1. The van der Waals surface area contributed by atoms with Gasteiger partial charge in [0.1, 0.15) is 5.01 Å². The lowest BCUT2D eigenvalue weighted by Crippen LogP contribution is -2.36. The minimum absolute atomic E-state index is 0.182. The largest absolute Gasteiger partial charge is 0.337 e. The Morgan fingerprint density at radius 2 is 1.92 bits per heavy atom. The Labute approximate surface area is 158 Å². The maximum atomic E-state index is 12.1. The Morgan fingerprint density at radius 3 is 2.69 bits per heavy atom. The van der Waals surface area contributed by atoms with E-state index < -0.39 is 0 Å². The fraction of sp³-hybridized carbons (Fsp3) is 0.300. The summed E-state index contributed by atoms with van der Waals surface area (Å²) in [6, 6.07) is 15.7. The third-order valence-electron chi connectivity index (χ3n) is 4.27. The number of anilines is 1. The molecule has 0 fully saturated rings. The summed E-state index contributed by atoms with van der Waals surface area (Å²) in [5.41, 5.74) is 2.77. The van der Waals surface area contributed by atoms with Gasteiger partial charge in [-0.05, 0) is 37.4 Å². The summed E-state index contributed by atoms with van der Waals surface area (Å²) in [4.78, 5) is 19.1. The van der Waals surface area contributed by atoms with Gasteiger partial charge in [-0.3, -0.25) is 0 Å². The van der Waals surface area contributed by atoms with Crippen molar-refractivity contribution in [1.82, 2.24) is 15.2 Å². The quantitative estimate of drug-likeness (QED) is 0.649. The van der Waals surface area contributed by atoms with E-state index in [1.807, 2.05) is 42.5 Å². The SMILES string of the molecule is CCN(CC)CCNC(=O)Nc1cccc(-c2nc3ccccc3s2)c1. The van der Waals surface area contributed by atoms with Gasteiger partial charge in [-0.2, -0.15) is 0 Å². The number of fused-ring (bicyclic) bond motifs is 1. The maximum absolute atomic E-state index is 12.1. The maximum Gasteiger partial charge on any atom is 0.319 e. The Hall–Kier alpha value is -2.44. The van der Waals surface area contributed by atoms with Gasteiger partial charge < -0.3 is 15.5 Å². The molecule has 0 unspecified atom stereocenters. The average molecular weight is 369 g/mol. The lowest BCUT2D eigenvalue weighted by atomic mass is 10.2. The standard InChI is InChI=1S/C20H24N4OS/c1-3-24(4-2)13-12-21-20(25)22-16-9-7-8-15(14-16)19-23-17-10-5-6-11-18(17)26-19/h5-11,14H,3-4,12-13H2,1-2H3,(H2,21,22,25). The van der Waals surface area contributed by atoms with E-state index in [1.165, 1.54) is 0 Å². The highest BCUT2D eigenvalue weighted by molar-refractivity contribution is 7.21. The van der Waals surface area contributed by atoms with Gasteiger partial charge in [0, 0.05) is 24.3 Å². The van der Waals surface area contributed by atoms with E-state index in [9.17, 15) is 4.79 Å². The zero-order valence-corrected chi connectivity index (χ0v) is 16.0. The summed E-state index contributed by atoms with van der Waals surface area (Å²) < 4.78 is 1.16. The van der Waals surface area contributed by atoms with Crippen molar-refractivity contribution in [2.45, 2.75) is 13.8 Å². The molecule has 2 N–H and O–H groups in total. The van der Waals surface area contributed by atoms with Gasteiger partial charge in [0.05, 0.1) is 10.2 Å². The van der Waals surface area contributed by atoms with Crippen molar-refractivity contribution >= 4 is 33.3 Å². The molecule has 3 rings (SSSR count). The van der Waals surface area contributed by atoms with Gasteiger partial charge in [0.15, 0.2) is 0 Å². The fourth-order valence-corrected chi connectivity index (χ4v) is 3.73. The normalized spacial score (nSPS) is 11.0. The van der Waals surface area contributed by atoms with Crippen LogP contribution in [0.1, 0.15) is 13.8 Å². The van der Waals surface area contributed by atoms with Crippen molar-refractivity contribution in [1.29, 1.82) is 0 Å². The van der Waals surface area contributed by atoms with Crippen LogP contribution >= 0.6 is 11.3 Å². The van der Waals surface area contributed by atoms with Gasteiger partial charge in [-0.25, -0.2) is 9.78 Å². The molecule has 2 aromatic carbocycles. The van der Waals surface area contributed by atoms with Crippen LogP contribution < -0.4 is 10.6 Å². The zero-order valence-electron chi connectivity index (χ0n) is 15.2. The molecule has 0 saturated heterocycles. The van der Waals surface area contributed by atoms with Crippen LogP contribution in [0.3, 0.4) is 0 Å². The fourth-order valence-electron chi connectivity index (χ4n) is 2.77. The molecule has 26 heavy (non-hydrogen) atoms. The van der Waals surface area contributed by atoms with Gasteiger partial charge in [0.2, 0.25) is 0 Å². The van der Waals surface area contributed by atoms with Crippen LogP contribution in [0, 0.1) is 0 Å². The summed E-state index contributed by atoms with van der Waals surface area (Å²) in [6.07, 6.45) is 0. The molecule has 136 valence electrons. The predicted molar refractivity (Wildman–Crippen MR) is 110 cm³/mol. The van der Waals surface area contributed by atoms with E-state index in [2.05, 4.69) is 40.4 Å². The molecule has 3 aromatic rings. The summed E-state index contributed by atoms with van der Waals surface area (Å²) in [5, 5.41) is 6.77. The highest BCUT2D eigenvalue weighted by atomic mass is 32.1. The van der Waals surface area contributed by atoms with Crippen molar-refractivity contribution in [3.8, 4) is 10.6 Å². The number of hydrogen-bond acceptors (Lipinski definition) is 4. The van der Waals surface area contributed by atoms with Gasteiger partial charge >= 0.3 is 6.03 Å². The van der Waals surface area contributed by atoms with Crippen LogP contribution in [0.15, 0.2) is 48.5 Å². The number of likely N-dealkylation sites (N-methyl/N-ethyl adjacent to an activating group) is 1. The number of carbonyl (C=O) groups excluding carboxylic acids is 1. The predicted octanol–water partition coefficient (Wildman–Crippen LogP) is 4.43. The monoisotopic (exact) mass is 368 g/mol. The molecule has 0 spiro atoms. The Morgan fingerprint density at radius 1 is 1.12 bits per heavy atom. The molecule has 6 heteroatoms. The highest BCUT2D eigenvalue weighted by Crippen LogP contribution is 2.31. The number of nitrogens with one attached hydrogen (secondary N) is 2. The molecular weight excluding hydrogens is 344 g/mol. The number of benzene rings is 2.